The van der Waals surface area contributed by atoms with Gasteiger partial charge in [-0.1, -0.05) is 13.0 Å². The van der Waals surface area contributed by atoms with E-state index in [1.165, 1.54) is 10.4 Å². The zero-order chi connectivity index (χ0) is 14.5. The molecule has 0 spiro atoms. The van der Waals surface area contributed by atoms with E-state index >= 15 is 0 Å². The third-order valence-electron chi connectivity index (χ3n) is 3.59. The average molecular weight is 289 g/mol. The molecule has 2 aromatic rings. The summed E-state index contributed by atoms with van der Waals surface area (Å²) in [4.78, 5) is 8.38. The molecule has 0 saturated heterocycles. The summed E-state index contributed by atoms with van der Waals surface area (Å²) in [5.41, 5.74) is 9.55. The predicted octanol–water partition coefficient (Wildman–Crippen LogP) is 3.28. The Hall–Kier alpha value is -1.23. The Labute approximate surface area is 125 Å². The molecule has 3 nitrogen and oxygen atoms in total. The first-order valence-electron chi connectivity index (χ1n) is 7.06. The lowest BCUT2D eigenvalue weighted by Crippen LogP contribution is -2.33. The van der Waals surface area contributed by atoms with Crippen molar-refractivity contribution in [1.29, 1.82) is 0 Å². The molecule has 0 aliphatic rings. The number of rotatable bonds is 6. The molecule has 0 saturated carbocycles. The van der Waals surface area contributed by atoms with Crippen LogP contribution >= 0.6 is 11.3 Å². The highest BCUT2D eigenvalue weighted by Gasteiger charge is 2.21. The highest BCUT2D eigenvalue weighted by atomic mass is 32.1. The van der Waals surface area contributed by atoms with Crippen LogP contribution in [0.2, 0.25) is 0 Å². The van der Waals surface area contributed by atoms with Gasteiger partial charge in [0.1, 0.15) is 0 Å². The van der Waals surface area contributed by atoms with Crippen molar-refractivity contribution in [1.82, 2.24) is 9.88 Å². The van der Waals surface area contributed by atoms with Crippen molar-refractivity contribution in [2.75, 3.05) is 13.1 Å². The Morgan fingerprint density at radius 1 is 1.30 bits per heavy atom. The smallest absolute Gasteiger partial charge is 0.0570 e. The molecular formula is C16H23N3S. The molecule has 0 radical (unpaired) electrons. The van der Waals surface area contributed by atoms with Gasteiger partial charge < -0.3 is 5.73 Å². The zero-order valence-electron chi connectivity index (χ0n) is 12.5. The topological polar surface area (TPSA) is 42.2 Å². The van der Waals surface area contributed by atoms with Gasteiger partial charge in [0.25, 0.3) is 0 Å². The van der Waals surface area contributed by atoms with Crippen LogP contribution in [0.3, 0.4) is 0 Å². The molecule has 1 unspecified atom stereocenters. The van der Waals surface area contributed by atoms with Gasteiger partial charge in [-0.2, -0.15) is 0 Å². The van der Waals surface area contributed by atoms with Crippen molar-refractivity contribution in [3.8, 4) is 0 Å². The fraction of sp³-hybridized carbons (Fsp3) is 0.438. The lowest BCUT2D eigenvalue weighted by molar-refractivity contribution is 0.203. The monoisotopic (exact) mass is 289 g/mol. The second-order valence-electron chi connectivity index (χ2n) is 5.05. The molecule has 4 heteroatoms. The number of hydrogen-bond acceptors (Lipinski definition) is 4. The summed E-state index contributed by atoms with van der Waals surface area (Å²) in [6.45, 7) is 8.82. The van der Waals surface area contributed by atoms with Gasteiger partial charge in [-0.15, -0.1) is 11.3 Å². The minimum absolute atomic E-state index is 0.280. The summed E-state index contributed by atoms with van der Waals surface area (Å²) in [7, 11) is 0. The molecule has 0 aliphatic carbocycles. The van der Waals surface area contributed by atoms with E-state index in [9.17, 15) is 0 Å². The molecule has 2 N–H and O–H groups in total. The SMILES string of the molecule is CCN(Cc1cccc(C)n1)C(CN)c1sccc1C. The summed E-state index contributed by atoms with van der Waals surface area (Å²) >= 11 is 1.80. The van der Waals surface area contributed by atoms with Crippen LogP contribution in [0.15, 0.2) is 29.6 Å². The van der Waals surface area contributed by atoms with Crippen molar-refractivity contribution in [2.24, 2.45) is 5.73 Å². The summed E-state index contributed by atoms with van der Waals surface area (Å²) in [6, 6.07) is 8.64. The second kappa shape index (κ2) is 6.97. The van der Waals surface area contributed by atoms with E-state index in [0.717, 1.165) is 24.5 Å². The third-order valence-corrected chi connectivity index (χ3v) is 4.71. The maximum Gasteiger partial charge on any atom is 0.0570 e. The van der Waals surface area contributed by atoms with E-state index in [2.05, 4.69) is 47.3 Å². The minimum atomic E-state index is 0.280. The number of likely N-dealkylation sites (N-methyl/N-ethyl adjacent to an activating group) is 1. The molecule has 20 heavy (non-hydrogen) atoms. The molecule has 0 bridgehead atoms. The minimum Gasteiger partial charge on any atom is -0.329 e. The van der Waals surface area contributed by atoms with Crippen molar-refractivity contribution < 1.29 is 0 Å². The van der Waals surface area contributed by atoms with E-state index in [0.29, 0.717) is 6.54 Å². The van der Waals surface area contributed by atoms with Gasteiger partial charge in [0, 0.05) is 23.7 Å². The van der Waals surface area contributed by atoms with E-state index in [1.54, 1.807) is 11.3 Å². The number of aryl methyl sites for hydroxylation is 2. The molecule has 0 aromatic carbocycles. The number of aromatic nitrogens is 1. The summed E-state index contributed by atoms with van der Waals surface area (Å²) in [5.74, 6) is 0. The molecule has 108 valence electrons. The van der Waals surface area contributed by atoms with Crippen LogP contribution in [0.25, 0.3) is 0 Å². The van der Waals surface area contributed by atoms with Gasteiger partial charge in [0.2, 0.25) is 0 Å². The molecule has 2 heterocycles. The first-order valence-corrected chi connectivity index (χ1v) is 7.94. The fourth-order valence-electron chi connectivity index (χ4n) is 2.49. The maximum absolute atomic E-state index is 6.04. The Bertz CT molecular complexity index is 550. The van der Waals surface area contributed by atoms with Crippen LogP contribution in [-0.2, 0) is 6.54 Å². The third kappa shape index (κ3) is 3.45. The van der Waals surface area contributed by atoms with Crippen molar-refractivity contribution >= 4 is 11.3 Å². The van der Waals surface area contributed by atoms with Gasteiger partial charge in [-0.3, -0.25) is 9.88 Å². The highest BCUT2D eigenvalue weighted by molar-refractivity contribution is 7.10. The van der Waals surface area contributed by atoms with Crippen LogP contribution in [0.5, 0.6) is 0 Å². The molecule has 0 aliphatic heterocycles. The quantitative estimate of drug-likeness (QED) is 0.887. The van der Waals surface area contributed by atoms with Gasteiger partial charge >= 0.3 is 0 Å². The second-order valence-corrected chi connectivity index (χ2v) is 6.00. The lowest BCUT2D eigenvalue weighted by atomic mass is 10.1. The highest BCUT2D eigenvalue weighted by Crippen LogP contribution is 2.28. The Kier molecular flexibility index (Phi) is 5.29. The largest absolute Gasteiger partial charge is 0.329 e. The molecule has 0 amide bonds. The Balaban J connectivity index is 2.20. The molecular weight excluding hydrogens is 266 g/mol. The van der Waals surface area contributed by atoms with Crippen LogP contribution in [-0.4, -0.2) is 23.0 Å². The number of hydrogen-bond donors (Lipinski definition) is 1. The number of thiophene rings is 1. The fourth-order valence-corrected chi connectivity index (χ4v) is 3.56. The van der Waals surface area contributed by atoms with Gasteiger partial charge in [0.05, 0.1) is 11.7 Å². The normalized spacial score (nSPS) is 12.8. The van der Waals surface area contributed by atoms with Crippen molar-refractivity contribution in [3.05, 3.63) is 51.5 Å². The van der Waals surface area contributed by atoms with E-state index < -0.39 is 0 Å². The van der Waals surface area contributed by atoms with E-state index in [4.69, 9.17) is 5.73 Å². The zero-order valence-corrected chi connectivity index (χ0v) is 13.3. The molecule has 0 fully saturated rings. The van der Waals surface area contributed by atoms with Crippen LogP contribution in [0, 0.1) is 13.8 Å². The van der Waals surface area contributed by atoms with Crippen LogP contribution in [0.4, 0.5) is 0 Å². The number of nitrogens with zero attached hydrogens (tertiary/aromatic N) is 2. The van der Waals surface area contributed by atoms with E-state index in [1.807, 2.05) is 13.0 Å². The predicted molar refractivity (Wildman–Crippen MR) is 85.9 cm³/mol. The van der Waals surface area contributed by atoms with Crippen LogP contribution in [0.1, 0.15) is 34.8 Å². The molecule has 2 aromatic heterocycles. The van der Waals surface area contributed by atoms with Crippen LogP contribution < -0.4 is 5.73 Å². The Morgan fingerprint density at radius 3 is 2.65 bits per heavy atom. The first kappa shape index (κ1) is 15.2. The van der Waals surface area contributed by atoms with Gasteiger partial charge in [-0.05, 0) is 49.5 Å². The standard InChI is InChI=1S/C16H23N3S/c1-4-19(11-14-7-5-6-13(3)18-14)15(10-17)16-12(2)8-9-20-16/h5-9,15H,4,10-11,17H2,1-3H3. The van der Waals surface area contributed by atoms with Gasteiger partial charge in [0.15, 0.2) is 0 Å². The average Bonchev–Trinajstić information content (AvgIpc) is 2.85. The lowest BCUT2D eigenvalue weighted by Gasteiger charge is -2.29. The van der Waals surface area contributed by atoms with E-state index in [-0.39, 0.29) is 6.04 Å². The van der Waals surface area contributed by atoms with Crippen molar-refractivity contribution in [3.63, 3.8) is 0 Å². The molecule has 1 atom stereocenters. The number of pyridine rings is 1. The summed E-state index contributed by atoms with van der Waals surface area (Å²) < 4.78 is 0. The van der Waals surface area contributed by atoms with Gasteiger partial charge in [-0.25, -0.2) is 0 Å². The Morgan fingerprint density at radius 2 is 2.10 bits per heavy atom. The first-order chi connectivity index (χ1) is 9.65. The summed E-state index contributed by atoms with van der Waals surface area (Å²) in [5, 5.41) is 2.14. The van der Waals surface area contributed by atoms with Crippen molar-refractivity contribution in [2.45, 2.75) is 33.4 Å². The summed E-state index contributed by atoms with van der Waals surface area (Å²) in [6.07, 6.45) is 0. The maximum atomic E-state index is 6.04. The molecule has 2 rings (SSSR count). The number of nitrogens with two attached hydrogens (primary N) is 1.